The zero-order valence-electron chi connectivity index (χ0n) is 18.7. The molecule has 1 fully saturated rings. The Balaban J connectivity index is 1.63. The molecule has 1 saturated carbocycles. The van der Waals surface area contributed by atoms with Crippen LogP contribution in [0.4, 0.5) is 5.69 Å². The molecule has 0 aromatic heterocycles. The van der Waals surface area contributed by atoms with E-state index in [1.54, 1.807) is 13.8 Å². The highest BCUT2D eigenvalue weighted by molar-refractivity contribution is 7.79. The lowest BCUT2D eigenvalue weighted by Gasteiger charge is -2.20. The first-order valence-corrected chi connectivity index (χ1v) is 11.7. The maximum Gasteiger partial charge on any atom is 0.224 e. The SMILES string of the molecule is Cc1cc([C@@H](C)NC(=O)C2CC2(C)c2ccc(C(C)(C)O)cc2)ccc1NCS(=O)O. The lowest BCUT2D eigenvalue weighted by atomic mass is 9.91. The molecule has 0 saturated heterocycles. The monoisotopic (exact) mass is 444 g/mol. The van der Waals surface area contributed by atoms with E-state index in [0.29, 0.717) is 0 Å². The molecule has 2 aromatic carbocycles. The van der Waals surface area contributed by atoms with Crippen molar-refractivity contribution in [3.05, 3.63) is 64.7 Å². The lowest BCUT2D eigenvalue weighted by molar-refractivity contribution is -0.123. The number of carbonyl (C=O) groups excluding carboxylic acids is 1. The van der Waals surface area contributed by atoms with Gasteiger partial charge in [0.1, 0.15) is 5.88 Å². The van der Waals surface area contributed by atoms with Gasteiger partial charge in [-0.05, 0) is 62.4 Å². The van der Waals surface area contributed by atoms with Gasteiger partial charge in [0.25, 0.3) is 0 Å². The Bertz CT molecular complexity index is 984. The number of aryl methyl sites for hydroxylation is 1. The van der Waals surface area contributed by atoms with Gasteiger partial charge in [0.2, 0.25) is 5.91 Å². The number of rotatable bonds is 8. The number of hydrogen-bond donors (Lipinski definition) is 4. The highest BCUT2D eigenvalue weighted by Crippen LogP contribution is 2.54. The van der Waals surface area contributed by atoms with Gasteiger partial charge in [-0.25, -0.2) is 4.21 Å². The van der Waals surface area contributed by atoms with Gasteiger partial charge in [-0.1, -0.05) is 43.3 Å². The summed E-state index contributed by atoms with van der Waals surface area (Å²) in [5.41, 5.74) is 3.63. The smallest absolute Gasteiger partial charge is 0.224 e. The molecule has 0 bridgehead atoms. The van der Waals surface area contributed by atoms with Crippen molar-refractivity contribution >= 4 is 22.7 Å². The van der Waals surface area contributed by atoms with Crippen LogP contribution in [0.5, 0.6) is 0 Å². The van der Waals surface area contributed by atoms with Gasteiger partial charge in [-0.2, -0.15) is 0 Å². The summed E-state index contributed by atoms with van der Waals surface area (Å²) in [5.74, 6) is -0.0645. The third kappa shape index (κ3) is 5.34. The van der Waals surface area contributed by atoms with E-state index in [1.165, 1.54) is 0 Å². The maximum absolute atomic E-state index is 12.9. The Kier molecular flexibility index (Phi) is 6.60. The molecule has 1 aliphatic carbocycles. The fourth-order valence-corrected chi connectivity index (χ4v) is 4.30. The fourth-order valence-electron chi connectivity index (χ4n) is 4.02. The Morgan fingerprint density at radius 2 is 1.90 bits per heavy atom. The van der Waals surface area contributed by atoms with Gasteiger partial charge in [0, 0.05) is 17.0 Å². The fraction of sp³-hybridized carbons (Fsp3) is 0.458. The molecule has 31 heavy (non-hydrogen) atoms. The molecule has 2 aromatic rings. The van der Waals surface area contributed by atoms with Crippen LogP contribution in [0.1, 0.15) is 62.4 Å². The topological polar surface area (TPSA) is 98.7 Å². The predicted octanol–water partition coefficient (Wildman–Crippen LogP) is 3.97. The van der Waals surface area contributed by atoms with Gasteiger partial charge in [0.05, 0.1) is 11.6 Å². The molecular weight excluding hydrogens is 412 g/mol. The van der Waals surface area contributed by atoms with E-state index < -0.39 is 16.7 Å². The molecule has 6 nitrogen and oxygen atoms in total. The van der Waals surface area contributed by atoms with Crippen LogP contribution in [-0.2, 0) is 26.9 Å². The number of anilines is 1. The standard InChI is InChI=1S/C24H32N2O4S/c1-15-12-17(6-11-21(15)25-14-31(29)30)16(2)26-22(27)20-13-24(20,5)19-9-7-18(8-10-19)23(3,4)28/h6-12,16,20,25,28H,13-14H2,1-5H3,(H,26,27)(H,29,30)/t16-,20?,24?/m1/s1. The highest BCUT2D eigenvalue weighted by Gasteiger charge is 2.55. The van der Waals surface area contributed by atoms with Crippen molar-refractivity contribution in [2.75, 3.05) is 11.2 Å². The number of hydrogen-bond acceptors (Lipinski definition) is 4. The van der Waals surface area contributed by atoms with Gasteiger partial charge < -0.3 is 20.3 Å². The average molecular weight is 445 g/mol. The second-order valence-corrected chi connectivity index (χ2v) is 10.2. The summed E-state index contributed by atoms with van der Waals surface area (Å²) >= 11 is -1.90. The van der Waals surface area contributed by atoms with Crippen LogP contribution >= 0.6 is 0 Å². The normalized spacial score (nSPS) is 22.5. The molecule has 1 amide bonds. The molecule has 168 valence electrons. The third-order valence-corrected chi connectivity index (χ3v) is 6.69. The van der Waals surface area contributed by atoms with Crippen LogP contribution in [0.25, 0.3) is 0 Å². The van der Waals surface area contributed by atoms with Crippen LogP contribution in [-0.4, -0.2) is 25.7 Å². The minimum absolute atomic E-state index is 0.0243. The van der Waals surface area contributed by atoms with Crippen LogP contribution in [0, 0.1) is 12.8 Å². The highest BCUT2D eigenvalue weighted by atomic mass is 32.2. The Morgan fingerprint density at radius 1 is 1.26 bits per heavy atom. The molecule has 4 N–H and O–H groups in total. The van der Waals surface area contributed by atoms with Crippen LogP contribution in [0.3, 0.4) is 0 Å². The molecule has 3 rings (SSSR count). The zero-order valence-corrected chi connectivity index (χ0v) is 19.5. The van der Waals surface area contributed by atoms with Crippen molar-refractivity contribution in [3.8, 4) is 0 Å². The summed E-state index contributed by atoms with van der Waals surface area (Å²) in [6.07, 6.45) is 0.799. The third-order valence-electron chi connectivity index (χ3n) is 6.30. The predicted molar refractivity (Wildman–Crippen MR) is 124 cm³/mol. The van der Waals surface area contributed by atoms with E-state index in [-0.39, 0.29) is 29.2 Å². The minimum atomic E-state index is -1.90. The first kappa shape index (κ1) is 23.4. The van der Waals surface area contributed by atoms with Gasteiger partial charge in [0.15, 0.2) is 11.1 Å². The molecule has 0 heterocycles. The molecule has 0 aliphatic heterocycles. The molecule has 7 heteroatoms. The number of aliphatic hydroxyl groups is 1. The quantitative estimate of drug-likeness (QED) is 0.462. The number of amides is 1. The summed E-state index contributed by atoms with van der Waals surface area (Å²) < 4.78 is 19.8. The summed E-state index contributed by atoms with van der Waals surface area (Å²) in [5, 5.41) is 16.2. The van der Waals surface area contributed by atoms with Crippen LogP contribution in [0.15, 0.2) is 42.5 Å². The van der Waals surface area contributed by atoms with Gasteiger partial charge in [-0.15, -0.1) is 0 Å². The molecule has 3 unspecified atom stereocenters. The van der Waals surface area contributed by atoms with Crippen molar-refractivity contribution in [2.45, 2.75) is 58.1 Å². The largest absolute Gasteiger partial charge is 0.386 e. The Hall–Kier alpha value is -2.22. The number of benzene rings is 2. The van der Waals surface area contributed by atoms with E-state index in [2.05, 4.69) is 17.6 Å². The number of nitrogens with one attached hydrogen (secondary N) is 2. The molecule has 1 aliphatic rings. The molecular formula is C24H32N2O4S. The molecule has 0 radical (unpaired) electrons. The van der Waals surface area contributed by atoms with Gasteiger partial charge in [-0.3, -0.25) is 4.79 Å². The summed E-state index contributed by atoms with van der Waals surface area (Å²) in [6, 6.07) is 13.5. The first-order chi connectivity index (χ1) is 14.4. The lowest BCUT2D eigenvalue weighted by Crippen LogP contribution is -2.30. The van der Waals surface area contributed by atoms with Crippen LogP contribution in [0.2, 0.25) is 0 Å². The second-order valence-electron chi connectivity index (χ2n) is 9.26. The van der Waals surface area contributed by atoms with Gasteiger partial charge >= 0.3 is 0 Å². The van der Waals surface area contributed by atoms with Crippen molar-refractivity contribution < 1.29 is 18.7 Å². The summed E-state index contributed by atoms with van der Waals surface area (Å²) in [6.45, 7) is 9.51. The molecule has 0 spiro atoms. The Labute approximate surface area is 186 Å². The maximum atomic E-state index is 12.9. The second kappa shape index (κ2) is 8.73. The summed E-state index contributed by atoms with van der Waals surface area (Å²) in [4.78, 5) is 12.9. The van der Waals surface area contributed by atoms with E-state index >= 15 is 0 Å². The van der Waals surface area contributed by atoms with Crippen LogP contribution < -0.4 is 10.6 Å². The minimum Gasteiger partial charge on any atom is -0.386 e. The van der Waals surface area contributed by atoms with Crippen molar-refractivity contribution in [3.63, 3.8) is 0 Å². The van der Waals surface area contributed by atoms with Crippen molar-refractivity contribution in [1.82, 2.24) is 5.32 Å². The first-order valence-electron chi connectivity index (χ1n) is 10.5. The zero-order chi connectivity index (χ0) is 23.0. The van der Waals surface area contributed by atoms with Crippen molar-refractivity contribution in [2.24, 2.45) is 5.92 Å². The van der Waals surface area contributed by atoms with Crippen molar-refractivity contribution in [1.29, 1.82) is 0 Å². The average Bonchev–Trinajstić information content (AvgIpc) is 3.39. The van der Waals surface area contributed by atoms with E-state index in [1.807, 2.05) is 56.3 Å². The van der Waals surface area contributed by atoms with E-state index in [4.69, 9.17) is 4.55 Å². The molecule has 4 atom stereocenters. The summed E-state index contributed by atoms with van der Waals surface area (Å²) in [7, 11) is 0. The van der Waals surface area contributed by atoms with E-state index in [0.717, 1.165) is 34.4 Å². The Morgan fingerprint density at radius 3 is 2.45 bits per heavy atom. The van der Waals surface area contributed by atoms with E-state index in [9.17, 15) is 14.1 Å². The number of carbonyl (C=O) groups is 1.